The third kappa shape index (κ3) is 5.79. The molecule has 3 rings (SSSR count). The first-order chi connectivity index (χ1) is 14.1. The number of carbonyl (C=O) groups excluding carboxylic acids is 2. The minimum atomic E-state index is -4.55. The maximum atomic E-state index is 13.1. The van der Waals surface area contributed by atoms with E-state index in [-0.39, 0.29) is 23.2 Å². The van der Waals surface area contributed by atoms with Crippen molar-refractivity contribution >= 4 is 34.5 Å². The monoisotopic (exact) mass is 440 g/mol. The van der Waals surface area contributed by atoms with Crippen LogP contribution in [0.25, 0.3) is 0 Å². The summed E-state index contributed by atoms with van der Waals surface area (Å²) in [6.07, 6.45) is -3.35. The number of nitrogens with zero attached hydrogens (tertiary/aromatic N) is 2. The van der Waals surface area contributed by atoms with E-state index in [0.29, 0.717) is 25.9 Å². The van der Waals surface area contributed by atoms with Gasteiger partial charge in [-0.05, 0) is 51.1 Å². The zero-order valence-electron chi connectivity index (χ0n) is 16.7. The van der Waals surface area contributed by atoms with E-state index in [4.69, 9.17) is 0 Å². The standard InChI is InChI=1S/C20H23F3N4O2S/c1-12(28)24-17-4-3-15(20(21,22)23)9-18(17)26-19(29)14-5-7-27(8-6-14)10-16-11-30-13(2)25-16/h3-4,9,11,14H,5-8,10H2,1-2H3,(H,24,28)(H,26,29). The number of halogens is 3. The van der Waals surface area contributed by atoms with Gasteiger partial charge in [-0.2, -0.15) is 13.2 Å². The maximum Gasteiger partial charge on any atom is 0.416 e. The first-order valence-corrected chi connectivity index (χ1v) is 10.4. The van der Waals surface area contributed by atoms with E-state index in [9.17, 15) is 22.8 Å². The molecule has 162 valence electrons. The maximum absolute atomic E-state index is 13.1. The summed E-state index contributed by atoms with van der Waals surface area (Å²) in [5, 5.41) is 8.07. The van der Waals surface area contributed by atoms with Gasteiger partial charge in [-0.15, -0.1) is 11.3 Å². The fourth-order valence-electron chi connectivity index (χ4n) is 3.42. The second-order valence-corrected chi connectivity index (χ2v) is 8.40. The van der Waals surface area contributed by atoms with Gasteiger partial charge in [0.1, 0.15) is 0 Å². The highest BCUT2D eigenvalue weighted by Gasteiger charge is 2.32. The van der Waals surface area contributed by atoms with Crippen molar-refractivity contribution in [3.05, 3.63) is 39.8 Å². The number of hydrogen-bond acceptors (Lipinski definition) is 5. The molecule has 10 heteroatoms. The number of amides is 2. The third-order valence-corrected chi connectivity index (χ3v) is 5.75. The number of rotatable bonds is 5. The van der Waals surface area contributed by atoms with Gasteiger partial charge in [0, 0.05) is 24.8 Å². The van der Waals surface area contributed by atoms with Crippen molar-refractivity contribution in [2.45, 2.75) is 39.4 Å². The van der Waals surface area contributed by atoms with E-state index in [0.717, 1.165) is 35.4 Å². The number of thiazole rings is 1. The van der Waals surface area contributed by atoms with Crippen molar-refractivity contribution in [2.24, 2.45) is 5.92 Å². The topological polar surface area (TPSA) is 74.3 Å². The molecule has 6 nitrogen and oxygen atoms in total. The van der Waals surface area contributed by atoms with Gasteiger partial charge in [-0.25, -0.2) is 4.98 Å². The molecule has 0 aliphatic carbocycles. The van der Waals surface area contributed by atoms with Crippen LogP contribution in [0, 0.1) is 12.8 Å². The smallest absolute Gasteiger partial charge is 0.325 e. The Kier molecular flexibility index (Phi) is 6.77. The molecule has 0 spiro atoms. The molecular formula is C20H23F3N4O2S. The van der Waals surface area contributed by atoms with Crippen molar-refractivity contribution in [3.63, 3.8) is 0 Å². The summed E-state index contributed by atoms with van der Waals surface area (Å²) in [4.78, 5) is 30.7. The van der Waals surface area contributed by atoms with E-state index in [1.54, 1.807) is 11.3 Å². The van der Waals surface area contributed by atoms with Crippen molar-refractivity contribution in [1.82, 2.24) is 9.88 Å². The zero-order chi connectivity index (χ0) is 21.9. The Hall–Kier alpha value is -2.46. The zero-order valence-corrected chi connectivity index (χ0v) is 17.5. The Morgan fingerprint density at radius 1 is 1.20 bits per heavy atom. The lowest BCUT2D eigenvalue weighted by Crippen LogP contribution is -2.38. The molecule has 2 aromatic rings. The summed E-state index contributed by atoms with van der Waals surface area (Å²) in [5.41, 5.74) is 0.204. The third-order valence-electron chi connectivity index (χ3n) is 4.93. The summed E-state index contributed by atoms with van der Waals surface area (Å²) in [6.45, 7) is 5.33. The van der Waals surface area contributed by atoms with Gasteiger partial charge in [0.15, 0.2) is 0 Å². The van der Waals surface area contributed by atoms with Crippen LogP contribution in [0.2, 0.25) is 0 Å². The molecule has 2 heterocycles. The molecule has 0 radical (unpaired) electrons. The van der Waals surface area contributed by atoms with Gasteiger partial charge >= 0.3 is 6.18 Å². The normalized spacial score (nSPS) is 15.8. The number of benzene rings is 1. The molecule has 1 saturated heterocycles. The average Bonchev–Trinajstić information content (AvgIpc) is 3.07. The number of anilines is 2. The van der Waals surface area contributed by atoms with Gasteiger partial charge in [0.25, 0.3) is 0 Å². The number of likely N-dealkylation sites (tertiary alicyclic amines) is 1. The van der Waals surface area contributed by atoms with Crippen molar-refractivity contribution < 1.29 is 22.8 Å². The van der Waals surface area contributed by atoms with Gasteiger partial charge in [-0.1, -0.05) is 0 Å². The van der Waals surface area contributed by atoms with Crippen molar-refractivity contribution in [1.29, 1.82) is 0 Å². The average molecular weight is 440 g/mol. The summed E-state index contributed by atoms with van der Waals surface area (Å²) in [5.74, 6) is -1.08. The van der Waals surface area contributed by atoms with Crippen LogP contribution in [-0.2, 0) is 22.3 Å². The number of aromatic nitrogens is 1. The lowest BCUT2D eigenvalue weighted by molar-refractivity contribution is -0.137. The number of aryl methyl sites for hydroxylation is 1. The predicted octanol–water partition coefficient (Wildman–Crippen LogP) is 4.28. The Morgan fingerprint density at radius 3 is 2.47 bits per heavy atom. The van der Waals surface area contributed by atoms with E-state index in [1.807, 2.05) is 12.3 Å². The van der Waals surface area contributed by atoms with Crippen molar-refractivity contribution in [3.8, 4) is 0 Å². The van der Waals surface area contributed by atoms with E-state index in [2.05, 4.69) is 20.5 Å². The van der Waals surface area contributed by atoms with E-state index >= 15 is 0 Å². The second-order valence-electron chi connectivity index (χ2n) is 7.34. The van der Waals surface area contributed by atoms with Crippen LogP contribution in [0.4, 0.5) is 24.5 Å². The van der Waals surface area contributed by atoms with Gasteiger partial charge < -0.3 is 10.6 Å². The molecule has 1 aromatic carbocycles. The summed E-state index contributed by atoms with van der Waals surface area (Å²) in [6, 6.07) is 2.88. The Balaban J connectivity index is 1.64. The van der Waals surface area contributed by atoms with E-state index in [1.165, 1.54) is 6.92 Å². The molecule has 0 atom stereocenters. The summed E-state index contributed by atoms with van der Waals surface area (Å²) in [7, 11) is 0. The molecule has 1 aromatic heterocycles. The Bertz CT molecular complexity index is 921. The molecule has 0 unspecified atom stereocenters. The highest BCUT2D eigenvalue weighted by atomic mass is 32.1. The number of piperidine rings is 1. The lowest BCUT2D eigenvalue weighted by atomic mass is 9.95. The highest BCUT2D eigenvalue weighted by Crippen LogP contribution is 2.34. The summed E-state index contributed by atoms with van der Waals surface area (Å²) < 4.78 is 39.2. The molecule has 2 amide bonds. The van der Waals surface area contributed by atoms with Gasteiger partial charge in [-0.3, -0.25) is 14.5 Å². The number of nitrogens with one attached hydrogen (secondary N) is 2. The van der Waals surface area contributed by atoms with Crippen molar-refractivity contribution in [2.75, 3.05) is 23.7 Å². The van der Waals surface area contributed by atoms with Crippen LogP contribution in [-0.4, -0.2) is 34.8 Å². The fourth-order valence-corrected chi connectivity index (χ4v) is 4.02. The van der Waals surface area contributed by atoms with Crippen LogP contribution < -0.4 is 10.6 Å². The largest absolute Gasteiger partial charge is 0.416 e. The molecule has 2 N–H and O–H groups in total. The van der Waals surface area contributed by atoms with E-state index < -0.39 is 17.6 Å². The summed E-state index contributed by atoms with van der Waals surface area (Å²) >= 11 is 1.60. The molecule has 1 aliphatic heterocycles. The molecule has 0 saturated carbocycles. The number of hydrogen-bond donors (Lipinski definition) is 2. The number of alkyl halides is 3. The quantitative estimate of drug-likeness (QED) is 0.728. The molecule has 0 bridgehead atoms. The molecule has 1 aliphatic rings. The molecule has 1 fully saturated rings. The van der Waals surface area contributed by atoms with Crippen LogP contribution >= 0.6 is 11.3 Å². The first-order valence-electron chi connectivity index (χ1n) is 9.55. The first kappa shape index (κ1) is 22.2. The second kappa shape index (κ2) is 9.13. The molecular weight excluding hydrogens is 417 g/mol. The minimum absolute atomic E-state index is 0.0506. The van der Waals surface area contributed by atoms with Gasteiger partial charge in [0.05, 0.1) is 27.6 Å². The predicted molar refractivity (Wildman–Crippen MR) is 109 cm³/mol. The Labute approximate surface area is 176 Å². The number of carbonyl (C=O) groups is 2. The highest BCUT2D eigenvalue weighted by molar-refractivity contribution is 7.09. The molecule has 30 heavy (non-hydrogen) atoms. The minimum Gasteiger partial charge on any atom is -0.325 e. The fraction of sp³-hybridized carbons (Fsp3) is 0.450. The van der Waals surface area contributed by atoms with Crippen LogP contribution in [0.1, 0.15) is 36.0 Å². The SMILES string of the molecule is CC(=O)Nc1ccc(C(F)(F)F)cc1NC(=O)C1CCN(Cc2csc(C)n2)CC1. The van der Waals surface area contributed by atoms with Gasteiger partial charge in [0.2, 0.25) is 11.8 Å². The van der Waals surface area contributed by atoms with Crippen LogP contribution in [0.5, 0.6) is 0 Å². The van der Waals surface area contributed by atoms with Crippen LogP contribution in [0.3, 0.4) is 0 Å². The Morgan fingerprint density at radius 2 is 1.90 bits per heavy atom. The van der Waals surface area contributed by atoms with Crippen LogP contribution in [0.15, 0.2) is 23.6 Å². The lowest BCUT2D eigenvalue weighted by Gasteiger charge is -2.31.